The Morgan fingerprint density at radius 3 is 2.48 bits per heavy atom. The van der Waals surface area contributed by atoms with E-state index in [1.165, 1.54) is 4.90 Å². The summed E-state index contributed by atoms with van der Waals surface area (Å²) < 4.78 is 0. The Hall–Kier alpha value is -3.68. The molecule has 0 aliphatic carbocycles. The van der Waals surface area contributed by atoms with Crippen LogP contribution in [-0.4, -0.2) is 40.7 Å². The average molecular weight is 449 g/mol. The lowest BCUT2D eigenvalue weighted by Crippen LogP contribution is -2.63. The van der Waals surface area contributed by atoms with Crippen LogP contribution in [0.15, 0.2) is 48.5 Å². The zero-order valence-electron chi connectivity index (χ0n) is 18.9. The topological polar surface area (TPSA) is 98.8 Å². The minimum atomic E-state index is -0.863. The molecule has 172 valence electrons. The van der Waals surface area contributed by atoms with Crippen molar-refractivity contribution in [1.29, 1.82) is 0 Å². The van der Waals surface area contributed by atoms with Crippen LogP contribution >= 0.6 is 0 Å². The zero-order chi connectivity index (χ0) is 23.6. The first-order valence-corrected chi connectivity index (χ1v) is 11.2. The number of nitrogens with zero attached hydrogens (tertiary/aromatic N) is 2. The minimum Gasteiger partial charge on any atom is -0.350 e. The van der Waals surface area contributed by atoms with Crippen molar-refractivity contribution in [1.82, 2.24) is 10.2 Å². The Morgan fingerprint density at radius 1 is 1.03 bits per heavy atom. The highest BCUT2D eigenvalue weighted by molar-refractivity contribution is 6.11. The van der Waals surface area contributed by atoms with Gasteiger partial charge in [0.1, 0.15) is 12.2 Å². The summed E-state index contributed by atoms with van der Waals surface area (Å²) in [5.41, 5.74) is 1.75. The Labute approximate surface area is 192 Å². The number of benzene rings is 2. The number of para-hydroxylation sites is 1. The monoisotopic (exact) mass is 448 g/mol. The quantitative estimate of drug-likeness (QED) is 0.680. The Kier molecular flexibility index (Phi) is 6.18. The first kappa shape index (κ1) is 22.5. The molecule has 2 aromatic carbocycles. The van der Waals surface area contributed by atoms with E-state index in [0.29, 0.717) is 42.7 Å². The van der Waals surface area contributed by atoms with Crippen LogP contribution in [0.25, 0.3) is 0 Å². The number of nitrogens with one attached hydrogen (secondary N) is 2. The van der Waals surface area contributed by atoms with E-state index in [-0.39, 0.29) is 30.2 Å². The van der Waals surface area contributed by atoms with Crippen molar-refractivity contribution in [2.45, 2.75) is 51.7 Å². The molecule has 2 heterocycles. The third-order valence-corrected chi connectivity index (χ3v) is 6.25. The number of hydrogen-bond acceptors (Lipinski definition) is 4. The second kappa shape index (κ2) is 9.05. The van der Waals surface area contributed by atoms with Crippen LogP contribution in [-0.2, 0) is 20.9 Å². The average Bonchev–Trinajstić information content (AvgIpc) is 3.11. The predicted molar refractivity (Wildman–Crippen MR) is 124 cm³/mol. The molecule has 4 rings (SSSR count). The van der Waals surface area contributed by atoms with Gasteiger partial charge in [0.05, 0.1) is 11.3 Å². The van der Waals surface area contributed by atoms with E-state index >= 15 is 0 Å². The van der Waals surface area contributed by atoms with E-state index in [9.17, 15) is 19.2 Å². The van der Waals surface area contributed by atoms with Crippen LogP contribution in [0.2, 0.25) is 0 Å². The lowest BCUT2D eigenvalue weighted by Gasteiger charge is -2.48. The highest BCUT2D eigenvalue weighted by Crippen LogP contribution is 2.43. The van der Waals surface area contributed by atoms with Crippen LogP contribution in [0.3, 0.4) is 0 Å². The van der Waals surface area contributed by atoms with Crippen LogP contribution in [0.4, 0.5) is 11.4 Å². The van der Waals surface area contributed by atoms with Gasteiger partial charge in [-0.3, -0.25) is 24.1 Å². The van der Waals surface area contributed by atoms with Gasteiger partial charge in [-0.25, -0.2) is 0 Å². The largest absolute Gasteiger partial charge is 0.350 e. The fraction of sp³-hybridized carbons (Fsp3) is 0.360. The number of rotatable bonds is 7. The Balaban J connectivity index is 1.42. The molecule has 2 aliphatic heterocycles. The Morgan fingerprint density at radius 2 is 1.76 bits per heavy atom. The predicted octanol–water partition coefficient (Wildman–Crippen LogP) is 3.04. The number of amides is 4. The van der Waals surface area contributed by atoms with Gasteiger partial charge in [-0.2, -0.15) is 0 Å². The van der Waals surface area contributed by atoms with Crippen LogP contribution < -0.4 is 15.5 Å². The van der Waals surface area contributed by atoms with Crippen molar-refractivity contribution >= 4 is 35.0 Å². The lowest BCUT2D eigenvalue weighted by atomic mass is 9.98. The molecule has 2 aromatic rings. The first-order chi connectivity index (χ1) is 15.8. The molecule has 8 nitrogen and oxygen atoms in total. The summed E-state index contributed by atoms with van der Waals surface area (Å²) in [4.78, 5) is 53.5. The summed E-state index contributed by atoms with van der Waals surface area (Å²) in [6, 6.07) is 14.3. The van der Waals surface area contributed by atoms with Gasteiger partial charge >= 0.3 is 0 Å². The minimum absolute atomic E-state index is 0.0285. The van der Waals surface area contributed by atoms with Gasteiger partial charge in [0.2, 0.25) is 17.7 Å². The van der Waals surface area contributed by atoms with Gasteiger partial charge in [0.25, 0.3) is 5.91 Å². The molecule has 1 fully saturated rings. The molecule has 0 bridgehead atoms. The van der Waals surface area contributed by atoms with E-state index < -0.39 is 5.66 Å². The molecule has 0 saturated carbocycles. The summed E-state index contributed by atoms with van der Waals surface area (Å²) >= 11 is 0. The van der Waals surface area contributed by atoms with Gasteiger partial charge in [0.15, 0.2) is 0 Å². The molecule has 1 atom stereocenters. The Bertz CT molecular complexity index is 1100. The van der Waals surface area contributed by atoms with Crippen molar-refractivity contribution < 1.29 is 19.2 Å². The fourth-order valence-electron chi connectivity index (χ4n) is 4.50. The number of carbonyl (C=O) groups is 4. The number of anilines is 2. The molecule has 8 heteroatoms. The molecule has 2 N–H and O–H groups in total. The van der Waals surface area contributed by atoms with Crippen molar-refractivity contribution in [3.8, 4) is 0 Å². The number of carbonyl (C=O) groups excluding carboxylic acids is 4. The maximum absolute atomic E-state index is 13.2. The highest BCUT2D eigenvalue weighted by Gasteiger charge is 2.53. The van der Waals surface area contributed by atoms with Crippen LogP contribution in [0.5, 0.6) is 0 Å². The lowest BCUT2D eigenvalue weighted by molar-refractivity contribution is -0.124. The second-order valence-corrected chi connectivity index (χ2v) is 8.63. The maximum atomic E-state index is 13.2. The zero-order valence-corrected chi connectivity index (χ0v) is 18.9. The van der Waals surface area contributed by atoms with Crippen molar-refractivity contribution in [2.24, 2.45) is 0 Å². The fourth-order valence-corrected chi connectivity index (χ4v) is 4.50. The van der Waals surface area contributed by atoms with Crippen LogP contribution in [0.1, 0.15) is 55.5 Å². The smallest absolute Gasteiger partial charge is 0.258 e. The van der Waals surface area contributed by atoms with Crippen molar-refractivity contribution in [3.05, 3.63) is 59.7 Å². The van der Waals surface area contributed by atoms with E-state index in [2.05, 4.69) is 10.6 Å². The molecule has 33 heavy (non-hydrogen) atoms. The summed E-state index contributed by atoms with van der Waals surface area (Å²) in [6.07, 6.45) is 2.06. The standard InChI is InChI=1S/C25H28N4O4/c1-3-6-21(30)27-18-11-9-17(10-12-18)15-26-22(31)16-28-24(33)19-7-4-5-8-20(19)29-23(32)13-14-25(28,29)2/h4-5,7-12H,3,6,13-16H2,1-2H3,(H,26,31)(H,27,30). The highest BCUT2D eigenvalue weighted by atomic mass is 16.2. The van der Waals surface area contributed by atoms with Gasteiger partial charge in [-0.15, -0.1) is 0 Å². The third kappa shape index (κ3) is 4.33. The van der Waals surface area contributed by atoms with Gasteiger partial charge in [0, 0.05) is 25.1 Å². The molecule has 1 unspecified atom stereocenters. The number of hydrogen-bond donors (Lipinski definition) is 2. The summed E-state index contributed by atoms with van der Waals surface area (Å²) in [5, 5.41) is 5.68. The van der Waals surface area contributed by atoms with E-state index in [0.717, 1.165) is 12.0 Å². The molecule has 2 aliphatic rings. The molecular weight excluding hydrogens is 420 g/mol. The van der Waals surface area contributed by atoms with E-state index in [4.69, 9.17) is 0 Å². The summed E-state index contributed by atoms with van der Waals surface area (Å²) in [5.74, 6) is -0.627. The first-order valence-electron chi connectivity index (χ1n) is 11.2. The SMILES string of the molecule is CCCC(=O)Nc1ccc(CNC(=O)CN2C(=O)c3ccccc3N3C(=O)CCC23C)cc1. The molecule has 4 amide bonds. The van der Waals surface area contributed by atoms with E-state index in [1.54, 1.807) is 41.3 Å². The van der Waals surface area contributed by atoms with Crippen LogP contribution in [0, 0.1) is 0 Å². The van der Waals surface area contributed by atoms with Gasteiger partial charge in [-0.1, -0.05) is 31.2 Å². The van der Waals surface area contributed by atoms with Crippen molar-refractivity contribution in [3.63, 3.8) is 0 Å². The number of fused-ring (bicyclic) bond motifs is 3. The molecule has 0 radical (unpaired) electrons. The second-order valence-electron chi connectivity index (χ2n) is 8.63. The van der Waals surface area contributed by atoms with Gasteiger partial charge in [-0.05, 0) is 49.6 Å². The maximum Gasteiger partial charge on any atom is 0.258 e. The van der Waals surface area contributed by atoms with E-state index in [1.807, 2.05) is 26.0 Å². The molecule has 0 aromatic heterocycles. The summed E-state index contributed by atoms with van der Waals surface area (Å²) in [6.45, 7) is 3.94. The normalized spacial score (nSPS) is 19.2. The molecular formula is C25H28N4O4. The van der Waals surface area contributed by atoms with Gasteiger partial charge < -0.3 is 15.5 Å². The third-order valence-electron chi connectivity index (χ3n) is 6.25. The van der Waals surface area contributed by atoms with Crippen molar-refractivity contribution in [2.75, 3.05) is 16.8 Å². The molecule has 0 spiro atoms. The summed E-state index contributed by atoms with van der Waals surface area (Å²) in [7, 11) is 0. The molecule has 1 saturated heterocycles.